The second-order valence-electron chi connectivity index (χ2n) is 10.8. The molecule has 2 aromatic carbocycles. The monoisotopic (exact) mass is 490 g/mol. The lowest BCUT2D eigenvalue weighted by Crippen LogP contribution is -2.18. The predicted molar refractivity (Wildman–Crippen MR) is 153 cm³/mol. The summed E-state index contributed by atoms with van der Waals surface area (Å²) in [5, 5.41) is 9.17. The van der Waals surface area contributed by atoms with E-state index in [0.29, 0.717) is 0 Å². The van der Waals surface area contributed by atoms with Crippen LogP contribution in [0.3, 0.4) is 0 Å². The van der Waals surface area contributed by atoms with Crippen LogP contribution >= 0.6 is 0 Å². The van der Waals surface area contributed by atoms with E-state index in [2.05, 4.69) is 115 Å². The Labute approximate surface area is 219 Å². The SMILES string of the molecule is CN(C)CCn1cc(-c2ccc3c(Nc4ccnc(-c5ccc(C(C)(C)C)cc5)c4)ccnc3c2)cn1. The first-order valence-electron chi connectivity index (χ1n) is 12.7. The van der Waals surface area contributed by atoms with Gasteiger partial charge in [-0.2, -0.15) is 5.10 Å². The lowest BCUT2D eigenvalue weighted by molar-refractivity contribution is 0.373. The summed E-state index contributed by atoms with van der Waals surface area (Å²) < 4.78 is 1.99. The van der Waals surface area contributed by atoms with Crippen LogP contribution in [0.15, 0.2) is 85.5 Å². The molecular weight excluding hydrogens is 456 g/mol. The maximum absolute atomic E-state index is 4.64. The highest BCUT2D eigenvalue weighted by atomic mass is 15.3. The molecule has 0 atom stereocenters. The van der Waals surface area contributed by atoms with Crippen molar-refractivity contribution in [3.8, 4) is 22.4 Å². The number of hydrogen-bond acceptors (Lipinski definition) is 5. The molecule has 0 aliphatic rings. The van der Waals surface area contributed by atoms with E-state index in [1.54, 1.807) is 0 Å². The Kier molecular flexibility index (Phi) is 6.76. The van der Waals surface area contributed by atoms with Crippen LogP contribution in [0, 0.1) is 0 Å². The molecule has 6 heteroatoms. The predicted octanol–water partition coefficient (Wildman–Crippen LogP) is 6.76. The van der Waals surface area contributed by atoms with Crippen LogP contribution in [0.4, 0.5) is 11.4 Å². The van der Waals surface area contributed by atoms with Gasteiger partial charge in [0, 0.05) is 53.0 Å². The van der Waals surface area contributed by atoms with Gasteiger partial charge in [0.25, 0.3) is 0 Å². The quantitative estimate of drug-likeness (QED) is 0.273. The minimum atomic E-state index is 0.129. The van der Waals surface area contributed by atoms with E-state index in [1.165, 1.54) is 5.56 Å². The number of fused-ring (bicyclic) bond motifs is 1. The minimum Gasteiger partial charge on any atom is -0.355 e. The second kappa shape index (κ2) is 10.1. The molecule has 0 amide bonds. The van der Waals surface area contributed by atoms with Crippen molar-refractivity contribution >= 4 is 22.3 Å². The number of aromatic nitrogens is 4. The maximum Gasteiger partial charge on any atom is 0.0729 e. The van der Waals surface area contributed by atoms with Gasteiger partial charge in [-0.25, -0.2) is 0 Å². The van der Waals surface area contributed by atoms with Crippen molar-refractivity contribution in [1.82, 2.24) is 24.6 Å². The van der Waals surface area contributed by atoms with Crippen molar-refractivity contribution in [1.29, 1.82) is 0 Å². The van der Waals surface area contributed by atoms with Crippen molar-refractivity contribution < 1.29 is 0 Å². The Hall–Kier alpha value is -4.03. The molecule has 5 aromatic rings. The molecule has 0 unspecified atom stereocenters. The fourth-order valence-electron chi connectivity index (χ4n) is 4.34. The van der Waals surface area contributed by atoms with Gasteiger partial charge in [0.05, 0.1) is 24.0 Å². The van der Waals surface area contributed by atoms with Gasteiger partial charge in [-0.05, 0) is 54.9 Å². The molecular formula is C31H34N6. The zero-order chi connectivity index (χ0) is 26.0. The minimum absolute atomic E-state index is 0.129. The molecule has 0 aliphatic carbocycles. The summed E-state index contributed by atoms with van der Waals surface area (Å²) >= 11 is 0. The first-order chi connectivity index (χ1) is 17.8. The van der Waals surface area contributed by atoms with Crippen LogP contribution < -0.4 is 5.32 Å². The van der Waals surface area contributed by atoms with Gasteiger partial charge in [-0.15, -0.1) is 0 Å². The molecule has 0 bridgehead atoms. The number of anilines is 2. The molecule has 6 nitrogen and oxygen atoms in total. The molecule has 188 valence electrons. The standard InChI is InChI=1S/C31H34N6/c1-31(2,3)25-9-6-22(7-10-25)29-19-26(12-14-32-29)35-28-13-15-33-30-18-23(8-11-27(28)30)24-20-34-37(21-24)17-16-36(4)5/h6-15,18-21H,16-17H2,1-5H3,(H,32,33,35). The molecule has 0 fully saturated rings. The van der Waals surface area contributed by atoms with E-state index >= 15 is 0 Å². The average molecular weight is 491 g/mol. The first-order valence-corrected chi connectivity index (χ1v) is 12.7. The molecule has 0 aliphatic heterocycles. The van der Waals surface area contributed by atoms with Crippen LogP contribution in [-0.2, 0) is 12.0 Å². The number of rotatable bonds is 7. The third-order valence-electron chi connectivity index (χ3n) is 6.57. The highest BCUT2D eigenvalue weighted by Crippen LogP contribution is 2.31. The highest BCUT2D eigenvalue weighted by molar-refractivity contribution is 5.95. The van der Waals surface area contributed by atoms with Gasteiger partial charge < -0.3 is 10.2 Å². The highest BCUT2D eigenvalue weighted by Gasteiger charge is 2.13. The Bertz CT molecular complexity index is 1510. The van der Waals surface area contributed by atoms with Crippen LogP contribution in [-0.4, -0.2) is 45.3 Å². The van der Waals surface area contributed by atoms with Crippen molar-refractivity contribution in [3.05, 3.63) is 91.0 Å². The topological polar surface area (TPSA) is 58.9 Å². The zero-order valence-corrected chi connectivity index (χ0v) is 22.2. The Morgan fingerprint density at radius 3 is 2.35 bits per heavy atom. The molecule has 0 saturated carbocycles. The van der Waals surface area contributed by atoms with Gasteiger partial charge in [0.2, 0.25) is 0 Å². The van der Waals surface area contributed by atoms with Crippen molar-refractivity contribution in [2.45, 2.75) is 32.7 Å². The van der Waals surface area contributed by atoms with E-state index < -0.39 is 0 Å². The fourth-order valence-corrected chi connectivity index (χ4v) is 4.34. The summed E-state index contributed by atoms with van der Waals surface area (Å²) in [4.78, 5) is 11.4. The van der Waals surface area contributed by atoms with Crippen LogP contribution in [0.25, 0.3) is 33.3 Å². The van der Waals surface area contributed by atoms with Gasteiger partial charge in [0.1, 0.15) is 0 Å². The van der Waals surface area contributed by atoms with E-state index in [4.69, 9.17) is 0 Å². The van der Waals surface area contributed by atoms with Crippen LogP contribution in [0.5, 0.6) is 0 Å². The van der Waals surface area contributed by atoms with Gasteiger partial charge in [-0.3, -0.25) is 14.6 Å². The summed E-state index contributed by atoms with van der Waals surface area (Å²) in [5.41, 5.74) is 8.64. The summed E-state index contributed by atoms with van der Waals surface area (Å²) in [7, 11) is 4.14. The fraction of sp³-hybridized carbons (Fsp3) is 0.258. The van der Waals surface area contributed by atoms with Crippen molar-refractivity contribution in [3.63, 3.8) is 0 Å². The molecule has 1 N–H and O–H groups in total. The van der Waals surface area contributed by atoms with Crippen molar-refractivity contribution in [2.75, 3.05) is 26.0 Å². The Morgan fingerprint density at radius 1 is 0.838 bits per heavy atom. The van der Waals surface area contributed by atoms with E-state index in [0.717, 1.165) is 57.8 Å². The summed E-state index contributed by atoms with van der Waals surface area (Å²) in [6.07, 6.45) is 7.72. The summed E-state index contributed by atoms with van der Waals surface area (Å²) in [5.74, 6) is 0. The number of benzene rings is 2. The van der Waals surface area contributed by atoms with E-state index in [1.807, 2.05) is 35.4 Å². The second-order valence-corrected chi connectivity index (χ2v) is 10.8. The van der Waals surface area contributed by atoms with Gasteiger partial charge >= 0.3 is 0 Å². The largest absolute Gasteiger partial charge is 0.355 e. The van der Waals surface area contributed by atoms with Gasteiger partial charge in [0.15, 0.2) is 0 Å². The first kappa shape index (κ1) is 24.7. The van der Waals surface area contributed by atoms with E-state index in [-0.39, 0.29) is 5.41 Å². The van der Waals surface area contributed by atoms with E-state index in [9.17, 15) is 0 Å². The third-order valence-corrected chi connectivity index (χ3v) is 6.57. The number of nitrogens with one attached hydrogen (secondary N) is 1. The Balaban J connectivity index is 1.38. The number of pyridine rings is 2. The molecule has 37 heavy (non-hydrogen) atoms. The third kappa shape index (κ3) is 5.70. The molecule has 3 heterocycles. The molecule has 0 saturated heterocycles. The Morgan fingerprint density at radius 2 is 1.59 bits per heavy atom. The van der Waals surface area contributed by atoms with Crippen LogP contribution in [0.1, 0.15) is 26.3 Å². The van der Waals surface area contributed by atoms with Crippen LogP contribution in [0.2, 0.25) is 0 Å². The number of nitrogens with zero attached hydrogens (tertiary/aromatic N) is 5. The number of likely N-dealkylation sites (N-methyl/N-ethyl adjacent to an activating group) is 1. The lowest BCUT2D eigenvalue weighted by atomic mass is 9.86. The maximum atomic E-state index is 4.64. The lowest BCUT2D eigenvalue weighted by Gasteiger charge is -2.19. The van der Waals surface area contributed by atoms with Crippen molar-refractivity contribution in [2.24, 2.45) is 0 Å². The normalized spacial score (nSPS) is 11.8. The number of hydrogen-bond donors (Lipinski definition) is 1. The summed E-state index contributed by atoms with van der Waals surface area (Å²) in [6, 6.07) is 21.2. The molecule has 5 rings (SSSR count). The zero-order valence-electron chi connectivity index (χ0n) is 22.2. The summed E-state index contributed by atoms with van der Waals surface area (Å²) in [6.45, 7) is 8.50. The smallest absolute Gasteiger partial charge is 0.0729 e. The molecule has 0 spiro atoms. The average Bonchev–Trinajstić information content (AvgIpc) is 3.36. The van der Waals surface area contributed by atoms with Gasteiger partial charge in [-0.1, -0.05) is 57.2 Å². The molecule has 0 radical (unpaired) electrons. The molecule has 3 aromatic heterocycles.